The number of fused-ring (bicyclic) bond motifs is 3. The maximum Gasteiger partial charge on any atom is 0.407 e. The van der Waals surface area contributed by atoms with Crippen LogP contribution in [0.3, 0.4) is 0 Å². The minimum atomic E-state index is -1.01. The van der Waals surface area contributed by atoms with Crippen LogP contribution in [0, 0.1) is 0 Å². The molecule has 1 amide bonds. The van der Waals surface area contributed by atoms with E-state index in [1.165, 1.54) is 6.08 Å². The van der Waals surface area contributed by atoms with Crippen molar-refractivity contribution in [2.45, 2.75) is 18.4 Å². The number of aliphatic carboxylic acids is 1. The highest BCUT2D eigenvalue weighted by atomic mass is 16.5. The molecule has 0 saturated heterocycles. The molecule has 0 unspecified atom stereocenters. The van der Waals surface area contributed by atoms with E-state index in [0.29, 0.717) is 0 Å². The van der Waals surface area contributed by atoms with Crippen LogP contribution in [0.2, 0.25) is 0 Å². The van der Waals surface area contributed by atoms with Gasteiger partial charge in [-0.15, -0.1) is 6.58 Å². The summed E-state index contributed by atoms with van der Waals surface area (Å²) in [6.07, 6.45) is 0.511. The number of carbonyl (C=O) groups excluding carboxylic acids is 1. The monoisotopic (exact) mass is 337 g/mol. The van der Waals surface area contributed by atoms with E-state index in [0.717, 1.165) is 22.3 Å². The largest absolute Gasteiger partial charge is 0.481 e. The number of hydrogen-bond acceptors (Lipinski definition) is 3. The van der Waals surface area contributed by atoms with Crippen molar-refractivity contribution in [2.24, 2.45) is 0 Å². The smallest absolute Gasteiger partial charge is 0.407 e. The van der Waals surface area contributed by atoms with Gasteiger partial charge in [-0.25, -0.2) is 4.79 Å². The molecule has 0 bridgehead atoms. The number of carbonyl (C=O) groups is 2. The molecule has 0 aliphatic heterocycles. The van der Waals surface area contributed by atoms with E-state index in [9.17, 15) is 9.59 Å². The van der Waals surface area contributed by atoms with Crippen LogP contribution in [0.4, 0.5) is 4.79 Å². The Morgan fingerprint density at radius 3 is 2.20 bits per heavy atom. The summed E-state index contributed by atoms with van der Waals surface area (Å²) in [6.45, 7) is 3.72. The Labute approximate surface area is 145 Å². The molecule has 1 atom stereocenters. The Morgan fingerprint density at radius 1 is 1.12 bits per heavy atom. The number of carboxylic acid groups (broad SMARTS) is 1. The molecule has 1 aliphatic rings. The number of rotatable bonds is 6. The average molecular weight is 337 g/mol. The molecule has 2 aromatic rings. The van der Waals surface area contributed by atoms with E-state index >= 15 is 0 Å². The molecule has 0 saturated carbocycles. The van der Waals surface area contributed by atoms with Crippen LogP contribution in [0.25, 0.3) is 11.1 Å². The van der Waals surface area contributed by atoms with Crippen molar-refractivity contribution in [3.63, 3.8) is 0 Å². The molecule has 1 aliphatic carbocycles. The van der Waals surface area contributed by atoms with Crippen LogP contribution in [-0.4, -0.2) is 29.8 Å². The number of amides is 1. The van der Waals surface area contributed by atoms with Gasteiger partial charge in [0.05, 0.1) is 12.5 Å². The highest BCUT2D eigenvalue weighted by Crippen LogP contribution is 2.44. The molecular formula is C20H19NO4. The molecule has 2 N–H and O–H groups in total. The third-order valence-electron chi connectivity index (χ3n) is 4.33. The number of carboxylic acids is 1. The number of alkyl carbamates (subject to hydrolysis) is 1. The second-order valence-electron chi connectivity index (χ2n) is 5.91. The maximum atomic E-state index is 12.0. The van der Waals surface area contributed by atoms with Crippen LogP contribution in [0.1, 0.15) is 23.5 Å². The van der Waals surface area contributed by atoms with Gasteiger partial charge in [0.25, 0.3) is 0 Å². The van der Waals surface area contributed by atoms with E-state index in [1.807, 2.05) is 36.4 Å². The fourth-order valence-electron chi connectivity index (χ4n) is 3.17. The van der Waals surface area contributed by atoms with Gasteiger partial charge in [-0.3, -0.25) is 4.79 Å². The van der Waals surface area contributed by atoms with Gasteiger partial charge in [0.15, 0.2) is 0 Å². The Hall–Kier alpha value is -3.08. The normalized spacial score (nSPS) is 13.4. The quantitative estimate of drug-likeness (QED) is 0.790. The van der Waals surface area contributed by atoms with Gasteiger partial charge in [-0.2, -0.15) is 0 Å². The van der Waals surface area contributed by atoms with Gasteiger partial charge < -0.3 is 15.2 Å². The lowest BCUT2D eigenvalue weighted by molar-refractivity contribution is -0.137. The molecule has 2 aromatic carbocycles. The SMILES string of the molecule is C=C[C@@H](CC(=O)O)NC(=O)OCC1c2ccccc2-c2ccccc21. The van der Waals surface area contributed by atoms with Crippen LogP contribution in [-0.2, 0) is 9.53 Å². The number of benzene rings is 2. The summed E-state index contributed by atoms with van der Waals surface area (Å²) in [7, 11) is 0. The van der Waals surface area contributed by atoms with Crippen molar-refractivity contribution in [1.82, 2.24) is 5.32 Å². The topological polar surface area (TPSA) is 75.6 Å². The molecule has 0 radical (unpaired) electrons. The van der Waals surface area contributed by atoms with Crippen LogP contribution < -0.4 is 5.32 Å². The van der Waals surface area contributed by atoms with E-state index in [-0.39, 0.29) is 18.9 Å². The van der Waals surface area contributed by atoms with Crippen molar-refractivity contribution >= 4 is 12.1 Å². The molecule has 0 aromatic heterocycles. The average Bonchev–Trinajstić information content (AvgIpc) is 2.93. The fraction of sp³-hybridized carbons (Fsp3) is 0.200. The summed E-state index contributed by atoms with van der Waals surface area (Å²) in [5, 5.41) is 11.3. The summed E-state index contributed by atoms with van der Waals surface area (Å²) in [5.41, 5.74) is 4.56. The second kappa shape index (κ2) is 7.21. The van der Waals surface area contributed by atoms with E-state index in [2.05, 4.69) is 24.0 Å². The van der Waals surface area contributed by atoms with Gasteiger partial charge in [0.2, 0.25) is 0 Å². The van der Waals surface area contributed by atoms with Gasteiger partial charge in [0.1, 0.15) is 6.61 Å². The second-order valence-corrected chi connectivity index (χ2v) is 5.91. The third kappa shape index (κ3) is 3.55. The third-order valence-corrected chi connectivity index (χ3v) is 4.33. The van der Waals surface area contributed by atoms with Gasteiger partial charge in [0, 0.05) is 5.92 Å². The van der Waals surface area contributed by atoms with Crippen LogP contribution in [0.15, 0.2) is 61.2 Å². The number of ether oxygens (including phenoxy) is 1. The predicted octanol–water partition coefficient (Wildman–Crippen LogP) is 3.55. The Bertz CT molecular complexity index is 769. The minimum Gasteiger partial charge on any atom is -0.481 e. The lowest BCUT2D eigenvalue weighted by atomic mass is 9.98. The summed E-state index contributed by atoms with van der Waals surface area (Å²) in [6, 6.07) is 15.5. The van der Waals surface area contributed by atoms with E-state index in [4.69, 9.17) is 9.84 Å². The molecular weight excluding hydrogens is 318 g/mol. The van der Waals surface area contributed by atoms with E-state index < -0.39 is 18.1 Å². The predicted molar refractivity (Wildman–Crippen MR) is 94.4 cm³/mol. The van der Waals surface area contributed by atoms with Crippen LogP contribution in [0.5, 0.6) is 0 Å². The minimum absolute atomic E-state index is 0.0280. The van der Waals surface area contributed by atoms with Crippen molar-refractivity contribution in [1.29, 1.82) is 0 Å². The standard InChI is InChI=1S/C20H19NO4/c1-2-13(11-19(22)23)21-20(24)25-12-18-16-9-5-3-7-14(16)15-8-4-6-10-17(15)18/h2-10,13,18H,1,11-12H2,(H,21,24)(H,22,23)/t13-/m0/s1. The number of hydrogen-bond donors (Lipinski definition) is 2. The lowest BCUT2D eigenvalue weighted by Gasteiger charge is -2.16. The number of nitrogens with one attached hydrogen (secondary N) is 1. The molecule has 3 rings (SSSR count). The Balaban J connectivity index is 1.70. The molecule has 5 nitrogen and oxygen atoms in total. The van der Waals surface area contributed by atoms with Gasteiger partial charge in [-0.05, 0) is 22.3 Å². The zero-order chi connectivity index (χ0) is 17.8. The first-order chi connectivity index (χ1) is 12.1. The van der Waals surface area contributed by atoms with Crippen molar-refractivity contribution in [3.8, 4) is 11.1 Å². The van der Waals surface area contributed by atoms with Crippen molar-refractivity contribution in [2.75, 3.05) is 6.61 Å². The van der Waals surface area contributed by atoms with Crippen molar-refractivity contribution in [3.05, 3.63) is 72.3 Å². The fourth-order valence-corrected chi connectivity index (χ4v) is 3.17. The highest BCUT2D eigenvalue weighted by molar-refractivity contribution is 5.79. The Kier molecular flexibility index (Phi) is 4.84. The zero-order valence-corrected chi connectivity index (χ0v) is 13.6. The maximum absolute atomic E-state index is 12.0. The summed E-state index contributed by atoms with van der Waals surface area (Å²) >= 11 is 0. The van der Waals surface area contributed by atoms with Gasteiger partial charge >= 0.3 is 12.1 Å². The lowest BCUT2D eigenvalue weighted by Crippen LogP contribution is -2.36. The molecule has 25 heavy (non-hydrogen) atoms. The first kappa shape index (κ1) is 16.8. The molecule has 0 heterocycles. The first-order valence-electron chi connectivity index (χ1n) is 8.06. The highest BCUT2D eigenvalue weighted by Gasteiger charge is 2.29. The zero-order valence-electron chi connectivity index (χ0n) is 13.6. The van der Waals surface area contributed by atoms with Gasteiger partial charge in [-0.1, -0.05) is 54.6 Å². The van der Waals surface area contributed by atoms with Crippen molar-refractivity contribution < 1.29 is 19.4 Å². The van der Waals surface area contributed by atoms with Crippen LogP contribution >= 0.6 is 0 Å². The molecule has 0 fully saturated rings. The molecule has 5 heteroatoms. The summed E-state index contributed by atoms with van der Waals surface area (Å²) in [4.78, 5) is 22.8. The Morgan fingerprint density at radius 2 is 1.68 bits per heavy atom. The van der Waals surface area contributed by atoms with E-state index in [1.54, 1.807) is 0 Å². The molecule has 128 valence electrons. The molecule has 0 spiro atoms. The summed E-state index contributed by atoms with van der Waals surface area (Å²) in [5.74, 6) is -1.04. The summed E-state index contributed by atoms with van der Waals surface area (Å²) < 4.78 is 5.36. The first-order valence-corrected chi connectivity index (χ1v) is 8.06.